The molecule has 102 valence electrons. The van der Waals surface area contributed by atoms with E-state index in [1.807, 2.05) is 30.8 Å². The van der Waals surface area contributed by atoms with E-state index in [4.69, 9.17) is 10.5 Å². The molecule has 1 unspecified atom stereocenters. The lowest BCUT2D eigenvalue weighted by atomic mass is 10.3. The van der Waals surface area contributed by atoms with Gasteiger partial charge < -0.3 is 15.8 Å². The van der Waals surface area contributed by atoms with Crippen LogP contribution in [0.3, 0.4) is 0 Å². The Bertz CT molecular complexity index is 514. The van der Waals surface area contributed by atoms with Crippen LogP contribution in [-0.4, -0.2) is 37.4 Å². The number of anilines is 2. The van der Waals surface area contributed by atoms with Crippen LogP contribution in [-0.2, 0) is 6.54 Å². The Balaban J connectivity index is 2.01. The molecule has 8 heteroatoms. The van der Waals surface area contributed by atoms with Gasteiger partial charge >= 0.3 is 6.01 Å². The Morgan fingerprint density at radius 3 is 2.95 bits per heavy atom. The molecule has 0 radical (unpaired) electrons. The average Bonchev–Trinajstić information content (AvgIpc) is 2.81. The summed E-state index contributed by atoms with van der Waals surface area (Å²) < 4.78 is 7.04. The minimum atomic E-state index is 0.0937. The molecule has 1 atom stereocenters. The topological polar surface area (TPSA) is 104 Å². The lowest BCUT2D eigenvalue weighted by molar-refractivity contribution is 0.312. The summed E-state index contributed by atoms with van der Waals surface area (Å²) in [5.41, 5.74) is 5.60. The van der Waals surface area contributed by atoms with Crippen LogP contribution in [0.2, 0.25) is 0 Å². The first kappa shape index (κ1) is 13.1. The quantitative estimate of drug-likeness (QED) is 0.784. The number of hydrogen-bond donors (Lipinski definition) is 2. The molecule has 0 fully saturated rings. The molecule has 0 aromatic carbocycles. The van der Waals surface area contributed by atoms with Crippen LogP contribution in [0.15, 0.2) is 18.5 Å². The standard InChI is InChI=1S/C11H17N7O/c1-3-19-11-16-9(12)15-10(17-11)14-8(2)7-18-6-4-5-13-18/h4-6,8H,3,7H2,1-2H3,(H3,12,14,15,16,17). The first-order valence-corrected chi connectivity index (χ1v) is 6.05. The summed E-state index contributed by atoms with van der Waals surface area (Å²) in [5, 5.41) is 7.27. The number of rotatable bonds is 6. The van der Waals surface area contributed by atoms with Crippen molar-refractivity contribution in [3.63, 3.8) is 0 Å². The Hall–Kier alpha value is -2.38. The second-order valence-corrected chi connectivity index (χ2v) is 4.01. The van der Waals surface area contributed by atoms with E-state index in [0.29, 0.717) is 19.1 Å². The molecule has 8 nitrogen and oxygen atoms in total. The second-order valence-electron chi connectivity index (χ2n) is 4.01. The van der Waals surface area contributed by atoms with Gasteiger partial charge in [0, 0.05) is 18.4 Å². The summed E-state index contributed by atoms with van der Waals surface area (Å²) >= 11 is 0. The fourth-order valence-electron chi connectivity index (χ4n) is 1.59. The van der Waals surface area contributed by atoms with Gasteiger partial charge in [-0.2, -0.15) is 20.1 Å². The zero-order chi connectivity index (χ0) is 13.7. The van der Waals surface area contributed by atoms with Crippen molar-refractivity contribution in [3.05, 3.63) is 18.5 Å². The Morgan fingerprint density at radius 1 is 1.42 bits per heavy atom. The van der Waals surface area contributed by atoms with Gasteiger partial charge in [-0.15, -0.1) is 0 Å². The Morgan fingerprint density at radius 2 is 2.26 bits per heavy atom. The number of nitrogen functional groups attached to an aromatic ring is 1. The SMILES string of the molecule is CCOc1nc(N)nc(NC(C)Cn2cccn2)n1. The van der Waals surface area contributed by atoms with E-state index in [-0.39, 0.29) is 18.0 Å². The number of nitrogens with zero attached hydrogens (tertiary/aromatic N) is 5. The van der Waals surface area contributed by atoms with Gasteiger partial charge in [0.1, 0.15) is 0 Å². The fraction of sp³-hybridized carbons (Fsp3) is 0.455. The zero-order valence-corrected chi connectivity index (χ0v) is 10.9. The van der Waals surface area contributed by atoms with E-state index in [0.717, 1.165) is 0 Å². The second kappa shape index (κ2) is 5.98. The van der Waals surface area contributed by atoms with E-state index in [1.54, 1.807) is 6.20 Å². The van der Waals surface area contributed by atoms with Crippen molar-refractivity contribution in [1.82, 2.24) is 24.7 Å². The first-order chi connectivity index (χ1) is 9.17. The average molecular weight is 263 g/mol. The molecule has 0 aliphatic carbocycles. The zero-order valence-electron chi connectivity index (χ0n) is 10.9. The van der Waals surface area contributed by atoms with Crippen molar-refractivity contribution < 1.29 is 4.74 Å². The van der Waals surface area contributed by atoms with Crippen LogP contribution < -0.4 is 15.8 Å². The van der Waals surface area contributed by atoms with Crippen molar-refractivity contribution in [2.24, 2.45) is 0 Å². The molecule has 0 aliphatic heterocycles. The number of hydrogen-bond acceptors (Lipinski definition) is 7. The molecule has 0 amide bonds. The van der Waals surface area contributed by atoms with Crippen molar-refractivity contribution in [3.8, 4) is 6.01 Å². The van der Waals surface area contributed by atoms with Gasteiger partial charge in [0.15, 0.2) is 0 Å². The molecule has 19 heavy (non-hydrogen) atoms. The number of nitrogens with one attached hydrogen (secondary N) is 1. The van der Waals surface area contributed by atoms with Gasteiger partial charge in [-0.05, 0) is 19.9 Å². The van der Waals surface area contributed by atoms with Gasteiger partial charge in [-0.1, -0.05) is 0 Å². The highest BCUT2D eigenvalue weighted by atomic mass is 16.5. The van der Waals surface area contributed by atoms with Crippen LogP contribution in [0.1, 0.15) is 13.8 Å². The fourth-order valence-corrected chi connectivity index (χ4v) is 1.59. The third-order valence-corrected chi connectivity index (χ3v) is 2.30. The maximum Gasteiger partial charge on any atom is 0.323 e. The predicted octanol–water partition coefficient (Wildman–Crippen LogP) is 0.550. The molecule has 2 heterocycles. The highest BCUT2D eigenvalue weighted by Crippen LogP contribution is 2.10. The smallest absolute Gasteiger partial charge is 0.323 e. The van der Waals surface area contributed by atoms with E-state index < -0.39 is 0 Å². The minimum Gasteiger partial charge on any atom is -0.464 e. The molecule has 0 saturated heterocycles. The molecule has 0 spiro atoms. The van der Waals surface area contributed by atoms with Gasteiger partial charge in [-0.3, -0.25) is 4.68 Å². The first-order valence-electron chi connectivity index (χ1n) is 6.05. The molecule has 2 rings (SSSR count). The van der Waals surface area contributed by atoms with E-state index in [1.165, 1.54) is 0 Å². The number of ether oxygens (including phenoxy) is 1. The molecular weight excluding hydrogens is 246 g/mol. The lowest BCUT2D eigenvalue weighted by Crippen LogP contribution is -2.24. The normalized spacial score (nSPS) is 12.1. The van der Waals surface area contributed by atoms with E-state index in [2.05, 4.69) is 25.4 Å². The Kier molecular flexibility index (Phi) is 4.11. The van der Waals surface area contributed by atoms with E-state index >= 15 is 0 Å². The van der Waals surface area contributed by atoms with Gasteiger partial charge in [0.25, 0.3) is 0 Å². The van der Waals surface area contributed by atoms with Crippen LogP contribution in [0.5, 0.6) is 6.01 Å². The van der Waals surface area contributed by atoms with Crippen molar-refractivity contribution in [1.29, 1.82) is 0 Å². The molecule has 2 aromatic rings. The third-order valence-electron chi connectivity index (χ3n) is 2.30. The lowest BCUT2D eigenvalue weighted by Gasteiger charge is -2.14. The highest BCUT2D eigenvalue weighted by molar-refractivity contribution is 5.33. The van der Waals surface area contributed by atoms with Crippen LogP contribution in [0.25, 0.3) is 0 Å². The van der Waals surface area contributed by atoms with Gasteiger partial charge in [0.05, 0.1) is 13.2 Å². The van der Waals surface area contributed by atoms with Gasteiger partial charge in [-0.25, -0.2) is 0 Å². The third kappa shape index (κ3) is 3.80. The summed E-state index contributed by atoms with van der Waals surface area (Å²) in [5.74, 6) is 0.530. The highest BCUT2D eigenvalue weighted by Gasteiger charge is 2.09. The molecule has 2 aromatic heterocycles. The number of nitrogens with two attached hydrogens (primary N) is 1. The molecule has 0 aliphatic rings. The van der Waals surface area contributed by atoms with Gasteiger partial charge in [0.2, 0.25) is 11.9 Å². The molecule has 3 N–H and O–H groups in total. The monoisotopic (exact) mass is 263 g/mol. The van der Waals surface area contributed by atoms with E-state index in [9.17, 15) is 0 Å². The van der Waals surface area contributed by atoms with Crippen molar-refractivity contribution >= 4 is 11.9 Å². The summed E-state index contributed by atoms with van der Waals surface area (Å²) in [6.45, 7) is 5.03. The number of aromatic nitrogens is 5. The summed E-state index contributed by atoms with van der Waals surface area (Å²) in [6.07, 6.45) is 3.63. The van der Waals surface area contributed by atoms with Crippen molar-refractivity contribution in [2.75, 3.05) is 17.7 Å². The summed E-state index contributed by atoms with van der Waals surface area (Å²) in [7, 11) is 0. The predicted molar refractivity (Wildman–Crippen MR) is 70.7 cm³/mol. The van der Waals surface area contributed by atoms with Crippen LogP contribution in [0.4, 0.5) is 11.9 Å². The maximum atomic E-state index is 5.60. The van der Waals surface area contributed by atoms with Crippen LogP contribution >= 0.6 is 0 Å². The minimum absolute atomic E-state index is 0.0937. The summed E-state index contributed by atoms with van der Waals surface area (Å²) in [4.78, 5) is 12.0. The molecular formula is C11H17N7O. The van der Waals surface area contributed by atoms with Crippen molar-refractivity contribution in [2.45, 2.75) is 26.4 Å². The Labute approximate surface area is 111 Å². The molecule has 0 saturated carbocycles. The largest absolute Gasteiger partial charge is 0.464 e. The summed E-state index contributed by atoms with van der Waals surface area (Å²) in [6, 6.07) is 2.20. The molecule has 0 bridgehead atoms. The van der Waals surface area contributed by atoms with Crippen LogP contribution in [0, 0.1) is 0 Å². The maximum absolute atomic E-state index is 5.60.